The highest BCUT2D eigenvalue weighted by molar-refractivity contribution is 5.75. The number of carbonyl (C=O) groups is 2. The summed E-state index contributed by atoms with van der Waals surface area (Å²) in [5.74, 6) is -1.07. The van der Waals surface area contributed by atoms with Gasteiger partial charge in [-0.15, -0.1) is 0 Å². The first-order valence-electron chi connectivity index (χ1n) is 6.61. The summed E-state index contributed by atoms with van der Waals surface area (Å²) >= 11 is 0. The van der Waals surface area contributed by atoms with E-state index in [1.54, 1.807) is 0 Å². The molecule has 1 aliphatic carbocycles. The van der Waals surface area contributed by atoms with Crippen LogP contribution in [0.15, 0.2) is 0 Å². The SMILES string of the molecule is O=C(O)C1CCC(NC(=O)N2CC(O)C(O)C2)CC1. The summed E-state index contributed by atoms with van der Waals surface area (Å²) in [5.41, 5.74) is 0. The first-order chi connectivity index (χ1) is 8.97. The van der Waals surface area contributed by atoms with Crippen molar-refractivity contribution in [3.05, 3.63) is 0 Å². The summed E-state index contributed by atoms with van der Waals surface area (Å²) in [6.45, 7) is 0.273. The topological polar surface area (TPSA) is 110 Å². The Bertz CT molecular complexity index is 344. The number of urea groups is 1. The van der Waals surface area contributed by atoms with Crippen LogP contribution in [0.4, 0.5) is 4.79 Å². The number of nitrogens with one attached hydrogen (secondary N) is 1. The normalized spacial score (nSPS) is 35.2. The molecule has 0 aromatic rings. The lowest BCUT2D eigenvalue weighted by molar-refractivity contribution is -0.142. The Morgan fingerprint density at radius 3 is 2.00 bits per heavy atom. The Hall–Kier alpha value is -1.34. The summed E-state index contributed by atoms with van der Waals surface area (Å²) in [7, 11) is 0. The summed E-state index contributed by atoms with van der Waals surface area (Å²) in [4.78, 5) is 24.1. The van der Waals surface area contributed by atoms with Crippen molar-refractivity contribution in [1.82, 2.24) is 10.2 Å². The van der Waals surface area contributed by atoms with Crippen LogP contribution in [-0.2, 0) is 4.79 Å². The number of likely N-dealkylation sites (tertiary alicyclic amines) is 1. The molecule has 1 aliphatic heterocycles. The van der Waals surface area contributed by atoms with Gasteiger partial charge in [-0.05, 0) is 25.7 Å². The second kappa shape index (κ2) is 5.75. The molecule has 1 heterocycles. The van der Waals surface area contributed by atoms with Crippen LogP contribution in [0.3, 0.4) is 0 Å². The lowest BCUT2D eigenvalue weighted by Gasteiger charge is -2.28. The third-order valence-corrected chi connectivity index (χ3v) is 3.95. The molecular weight excluding hydrogens is 252 g/mol. The van der Waals surface area contributed by atoms with Gasteiger partial charge in [0.1, 0.15) is 0 Å². The predicted octanol–water partition coefficient (Wildman–Crippen LogP) is -0.623. The Kier molecular flexibility index (Phi) is 4.26. The van der Waals surface area contributed by atoms with E-state index in [0.717, 1.165) is 0 Å². The molecule has 2 unspecified atom stereocenters. The third-order valence-electron chi connectivity index (χ3n) is 3.95. The quantitative estimate of drug-likeness (QED) is 0.535. The molecule has 1 saturated heterocycles. The van der Waals surface area contributed by atoms with Crippen LogP contribution in [0.5, 0.6) is 0 Å². The molecular formula is C12H20N2O5. The molecule has 2 fully saturated rings. The van der Waals surface area contributed by atoms with E-state index in [1.807, 2.05) is 0 Å². The molecule has 4 N–H and O–H groups in total. The highest BCUT2D eigenvalue weighted by Crippen LogP contribution is 2.24. The van der Waals surface area contributed by atoms with Crippen LogP contribution < -0.4 is 5.32 Å². The molecule has 0 bridgehead atoms. The van der Waals surface area contributed by atoms with E-state index in [0.29, 0.717) is 25.7 Å². The minimum Gasteiger partial charge on any atom is -0.481 e. The molecule has 7 nitrogen and oxygen atoms in total. The van der Waals surface area contributed by atoms with E-state index < -0.39 is 18.2 Å². The lowest BCUT2D eigenvalue weighted by Crippen LogP contribution is -2.46. The van der Waals surface area contributed by atoms with Gasteiger partial charge in [-0.1, -0.05) is 0 Å². The molecule has 2 rings (SSSR count). The molecule has 0 radical (unpaired) electrons. The molecule has 2 aliphatic rings. The zero-order valence-electron chi connectivity index (χ0n) is 10.7. The fraction of sp³-hybridized carbons (Fsp3) is 0.833. The van der Waals surface area contributed by atoms with E-state index in [9.17, 15) is 19.8 Å². The maximum atomic E-state index is 11.9. The molecule has 2 amide bonds. The third kappa shape index (κ3) is 3.36. The predicted molar refractivity (Wildman–Crippen MR) is 65.5 cm³/mol. The maximum absolute atomic E-state index is 11.9. The van der Waals surface area contributed by atoms with Crippen LogP contribution >= 0.6 is 0 Å². The number of carbonyl (C=O) groups excluding carboxylic acids is 1. The molecule has 108 valence electrons. The van der Waals surface area contributed by atoms with Gasteiger partial charge in [0.2, 0.25) is 0 Å². The average Bonchev–Trinajstić information content (AvgIpc) is 2.70. The maximum Gasteiger partial charge on any atom is 0.317 e. The number of aliphatic hydroxyl groups excluding tert-OH is 2. The first kappa shape index (κ1) is 14.1. The minimum absolute atomic E-state index is 0.0158. The second-order valence-electron chi connectivity index (χ2n) is 5.38. The lowest BCUT2D eigenvalue weighted by atomic mass is 9.86. The van der Waals surface area contributed by atoms with Crippen LogP contribution in [0.25, 0.3) is 0 Å². The molecule has 0 aromatic carbocycles. The van der Waals surface area contributed by atoms with Crippen LogP contribution in [-0.4, -0.2) is 63.6 Å². The van der Waals surface area contributed by atoms with Crippen molar-refractivity contribution in [3.8, 4) is 0 Å². The largest absolute Gasteiger partial charge is 0.481 e. The minimum atomic E-state index is -0.881. The molecule has 0 spiro atoms. The highest BCUT2D eigenvalue weighted by Gasteiger charge is 2.34. The summed E-state index contributed by atoms with van der Waals surface area (Å²) < 4.78 is 0. The fourth-order valence-corrected chi connectivity index (χ4v) is 2.69. The Labute approximate surface area is 111 Å². The van der Waals surface area contributed by atoms with Crippen molar-refractivity contribution in [2.75, 3.05) is 13.1 Å². The Balaban J connectivity index is 1.77. The van der Waals surface area contributed by atoms with E-state index in [4.69, 9.17) is 5.11 Å². The first-order valence-corrected chi connectivity index (χ1v) is 6.61. The van der Waals surface area contributed by atoms with E-state index in [-0.39, 0.29) is 31.1 Å². The van der Waals surface area contributed by atoms with Crippen molar-refractivity contribution in [1.29, 1.82) is 0 Å². The monoisotopic (exact) mass is 272 g/mol. The number of aliphatic hydroxyl groups is 2. The molecule has 19 heavy (non-hydrogen) atoms. The fourth-order valence-electron chi connectivity index (χ4n) is 2.69. The van der Waals surface area contributed by atoms with E-state index >= 15 is 0 Å². The number of rotatable bonds is 2. The summed E-state index contributed by atoms with van der Waals surface area (Å²) in [6.07, 6.45) is 0.697. The number of hydrogen-bond donors (Lipinski definition) is 4. The second-order valence-corrected chi connectivity index (χ2v) is 5.38. The Morgan fingerprint density at radius 2 is 1.53 bits per heavy atom. The van der Waals surface area contributed by atoms with Crippen molar-refractivity contribution < 1.29 is 24.9 Å². The van der Waals surface area contributed by atoms with Gasteiger partial charge < -0.3 is 25.5 Å². The average molecular weight is 272 g/mol. The van der Waals surface area contributed by atoms with Crippen LogP contribution in [0, 0.1) is 5.92 Å². The molecule has 7 heteroatoms. The number of β-amino-alcohol motifs (C(OH)–C–C–N with tert-alkyl or cyclic N) is 2. The zero-order chi connectivity index (χ0) is 14.0. The van der Waals surface area contributed by atoms with Crippen molar-refractivity contribution in [3.63, 3.8) is 0 Å². The Morgan fingerprint density at radius 1 is 1.00 bits per heavy atom. The van der Waals surface area contributed by atoms with Gasteiger partial charge in [0.15, 0.2) is 0 Å². The zero-order valence-corrected chi connectivity index (χ0v) is 10.7. The number of carboxylic acid groups (broad SMARTS) is 1. The van der Waals surface area contributed by atoms with Gasteiger partial charge in [0, 0.05) is 6.04 Å². The number of aliphatic carboxylic acids is 1. The van der Waals surface area contributed by atoms with E-state index in [2.05, 4.69) is 5.32 Å². The van der Waals surface area contributed by atoms with Gasteiger partial charge in [-0.3, -0.25) is 4.79 Å². The van der Waals surface area contributed by atoms with Crippen LogP contribution in [0.2, 0.25) is 0 Å². The van der Waals surface area contributed by atoms with Gasteiger partial charge in [-0.25, -0.2) is 4.79 Å². The van der Waals surface area contributed by atoms with Crippen molar-refractivity contribution in [2.24, 2.45) is 5.92 Å². The van der Waals surface area contributed by atoms with E-state index in [1.165, 1.54) is 4.90 Å². The van der Waals surface area contributed by atoms with Gasteiger partial charge in [0.05, 0.1) is 31.2 Å². The van der Waals surface area contributed by atoms with Crippen LogP contribution in [0.1, 0.15) is 25.7 Å². The van der Waals surface area contributed by atoms with Crippen molar-refractivity contribution >= 4 is 12.0 Å². The number of carboxylic acids is 1. The summed E-state index contributed by atoms with van der Waals surface area (Å²) in [6, 6.07) is -0.313. The number of nitrogens with zero attached hydrogens (tertiary/aromatic N) is 1. The van der Waals surface area contributed by atoms with Gasteiger partial charge >= 0.3 is 12.0 Å². The number of hydrogen-bond acceptors (Lipinski definition) is 4. The number of amides is 2. The molecule has 2 atom stereocenters. The highest BCUT2D eigenvalue weighted by atomic mass is 16.4. The molecule has 0 aromatic heterocycles. The van der Waals surface area contributed by atoms with Crippen molar-refractivity contribution in [2.45, 2.75) is 43.9 Å². The summed E-state index contributed by atoms with van der Waals surface area (Å²) in [5, 5.41) is 30.5. The smallest absolute Gasteiger partial charge is 0.317 e. The van der Waals surface area contributed by atoms with Gasteiger partial charge in [-0.2, -0.15) is 0 Å². The van der Waals surface area contributed by atoms with Gasteiger partial charge in [0.25, 0.3) is 0 Å². The standard InChI is InChI=1S/C12H20N2O5/c15-9-5-14(6-10(9)16)12(19)13-8-3-1-7(2-4-8)11(17)18/h7-10,15-16H,1-6H2,(H,13,19)(H,17,18). The molecule has 1 saturated carbocycles.